The quantitative estimate of drug-likeness (QED) is 0.130. The van der Waals surface area contributed by atoms with Gasteiger partial charge >= 0.3 is 0 Å². The molecule has 0 aliphatic rings. The summed E-state index contributed by atoms with van der Waals surface area (Å²) in [5, 5.41) is 3.65. The monoisotopic (exact) mass is 757 g/mol. The van der Waals surface area contributed by atoms with Crippen molar-refractivity contribution in [1.29, 1.82) is 0 Å². The third-order valence-corrected chi connectivity index (χ3v) is 10.6. The Kier molecular flexibility index (Phi) is 12.3. The molecule has 5 rings (SSSR count). The van der Waals surface area contributed by atoms with Gasteiger partial charge in [0.1, 0.15) is 24.1 Å². The van der Waals surface area contributed by atoms with Crippen molar-refractivity contribution in [1.82, 2.24) is 10.2 Å². The summed E-state index contributed by atoms with van der Waals surface area (Å²) in [6.07, 6.45) is 0.173. The summed E-state index contributed by atoms with van der Waals surface area (Å²) >= 11 is 12.6. The van der Waals surface area contributed by atoms with Crippen LogP contribution in [0.1, 0.15) is 37.5 Å². The van der Waals surface area contributed by atoms with Gasteiger partial charge in [-0.15, -0.1) is 0 Å². The largest absolute Gasteiger partial charge is 0.457 e. The summed E-state index contributed by atoms with van der Waals surface area (Å²) in [5.41, 5.74) is 1.93. The number of hydrogen-bond acceptors (Lipinski definition) is 5. The molecule has 11 heteroatoms. The molecule has 52 heavy (non-hydrogen) atoms. The van der Waals surface area contributed by atoms with E-state index in [4.69, 9.17) is 27.9 Å². The van der Waals surface area contributed by atoms with Crippen LogP contribution in [0.3, 0.4) is 0 Å². The molecule has 270 valence electrons. The van der Waals surface area contributed by atoms with Gasteiger partial charge in [0.2, 0.25) is 11.8 Å². The van der Waals surface area contributed by atoms with Gasteiger partial charge in [-0.05, 0) is 99.5 Å². The van der Waals surface area contributed by atoms with Crippen molar-refractivity contribution >= 4 is 50.7 Å². The minimum Gasteiger partial charge on any atom is -0.457 e. The van der Waals surface area contributed by atoms with Gasteiger partial charge in [-0.3, -0.25) is 13.9 Å². The first kappa shape index (κ1) is 38.4. The van der Waals surface area contributed by atoms with Crippen LogP contribution in [0, 0.1) is 6.92 Å². The highest BCUT2D eigenvalue weighted by Gasteiger charge is 2.35. The normalized spacial score (nSPS) is 12.1. The highest BCUT2D eigenvalue weighted by atomic mass is 35.5. The molecular weight excluding hydrogens is 717 g/mol. The Morgan fingerprint density at radius 2 is 1.35 bits per heavy atom. The number of nitrogens with zero attached hydrogens (tertiary/aromatic N) is 2. The molecule has 0 radical (unpaired) electrons. The van der Waals surface area contributed by atoms with E-state index in [1.807, 2.05) is 88.4 Å². The maximum absolute atomic E-state index is 14.8. The maximum Gasteiger partial charge on any atom is 0.264 e. The number of amides is 2. The Labute approximate surface area is 316 Å². The van der Waals surface area contributed by atoms with Crippen molar-refractivity contribution in [3.8, 4) is 11.5 Å². The molecule has 0 saturated heterocycles. The van der Waals surface area contributed by atoms with E-state index in [1.54, 1.807) is 54.6 Å². The van der Waals surface area contributed by atoms with Gasteiger partial charge in [0, 0.05) is 18.5 Å². The molecule has 0 aliphatic carbocycles. The smallest absolute Gasteiger partial charge is 0.264 e. The molecule has 5 aromatic carbocycles. The molecule has 8 nitrogen and oxygen atoms in total. The molecule has 0 unspecified atom stereocenters. The van der Waals surface area contributed by atoms with Crippen molar-refractivity contribution in [2.45, 2.75) is 57.1 Å². The zero-order valence-electron chi connectivity index (χ0n) is 29.4. The molecule has 2 amide bonds. The number of sulfonamides is 1. The highest BCUT2D eigenvalue weighted by molar-refractivity contribution is 7.92. The van der Waals surface area contributed by atoms with Crippen LogP contribution in [0.4, 0.5) is 5.69 Å². The number of para-hydroxylation sites is 1. The third kappa shape index (κ3) is 10.2. The number of carbonyl (C=O) groups is 2. The van der Waals surface area contributed by atoms with Gasteiger partial charge in [0.15, 0.2) is 0 Å². The Hall–Kier alpha value is -4.83. The van der Waals surface area contributed by atoms with E-state index in [0.717, 1.165) is 15.4 Å². The van der Waals surface area contributed by atoms with Crippen molar-refractivity contribution in [3.05, 3.63) is 154 Å². The van der Waals surface area contributed by atoms with Crippen LogP contribution in [0.2, 0.25) is 10.0 Å². The van der Waals surface area contributed by atoms with Crippen molar-refractivity contribution in [2.75, 3.05) is 10.8 Å². The van der Waals surface area contributed by atoms with Crippen LogP contribution in [0.25, 0.3) is 0 Å². The van der Waals surface area contributed by atoms with Gasteiger partial charge in [-0.1, -0.05) is 95.5 Å². The van der Waals surface area contributed by atoms with E-state index in [2.05, 4.69) is 5.32 Å². The van der Waals surface area contributed by atoms with E-state index in [-0.39, 0.29) is 34.5 Å². The predicted molar refractivity (Wildman–Crippen MR) is 208 cm³/mol. The molecule has 0 heterocycles. The van der Waals surface area contributed by atoms with Gasteiger partial charge in [0.05, 0.1) is 20.6 Å². The van der Waals surface area contributed by atoms with Crippen LogP contribution >= 0.6 is 23.2 Å². The Morgan fingerprint density at radius 1 is 0.750 bits per heavy atom. The molecule has 5 aromatic rings. The second kappa shape index (κ2) is 16.7. The predicted octanol–water partition coefficient (Wildman–Crippen LogP) is 8.84. The molecule has 0 saturated carbocycles. The van der Waals surface area contributed by atoms with Crippen molar-refractivity contribution in [2.24, 2.45) is 0 Å². The Morgan fingerprint density at radius 3 is 1.94 bits per heavy atom. The molecule has 0 aromatic heterocycles. The molecule has 0 aliphatic heterocycles. The maximum atomic E-state index is 14.8. The average molecular weight is 759 g/mol. The van der Waals surface area contributed by atoms with E-state index in [1.165, 1.54) is 17.0 Å². The SMILES string of the molecule is Cc1ccc(S(=O)(=O)N(CC(=O)N(Cc2ccc(Cl)c(Cl)c2)[C@@H](Cc2ccccc2)C(=O)NC(C)(C)C)c2ccc(Oc3ccccc3)cc2)cc1. The number of carbonyl (C=O) groups excluding carboxylic acids is 2. The number of hydrogen-bond donors (Lipinski definition) is 1. The minimum atomic E-state index is -4.28. The van der Waals surface area contributed by atoms with Gasteiger partial charge in [-0.2, -0.15) is 0 Å². The van der Waals surface area contributed by atoms with E-state index < -0.39 is 34.1 Å². The number of rotatable bonds is 13. The minimum absolute atomic E-state index is 0.0119. The van der Waals surface area contributed by atoms with Gasteiger partial charge in [0.25, 0.3) is 10.0 Å². The van der Waals surface area contributed by atoms with Gasteiger partial charge in [-0.25, -0.2) is 8.42 Å². The number of benzene rings is 5. The summed E-state index contributed by atoms with van der Waals surface area (Å²) in [6.45, 7) is 6.78. The zero-order valence-corrected chi connectivity index (χ0v) is 31.8. The second-order valence-corrected chi connectivity index (χ2v) is 16.1. The lowest BCUT2D eigenvalue weighted by Gasteiger charge is -2.35. The number of nitrogens with one attached hydrogen (secondary N) is 1. The fraction of sp³-hybridized carbons (Fsp3) is 0.220. The Bertz CT molecular complexity index is 2090. The second-order valence-electron chi connectivity index (χ2n) is 13.4. The lowest BCUT2D eigenvalue weighted by molar-refractivity contribution is -0.140. The number of aryl methyl sites for hydroxylation is 1. The molecule has 0 bridgehead atoms. The summed E-state index contributed by atoms with van der Waals surface area (Å²) < 4.78 is 35.8. The molecule has 0 spiro atoms. The molecule has 1 N–H and O–H groups in total. The summed E-state index contributed by atoms with van der Waals surface area (Å²) in [6, 6.07) is 35.4. The summed E-state index contributed by atoms with van der Waals surface area (Å²) in [5.74, 6) is 0.110. The first-order valence-corrected chi connectivity index (χ1v) is 18.9. The topological polar surface area (TPSA) is 96.0 Å². The average Bonchev–Trinajstić information content (AvgIpc) is 3.11. The van der Waals surface area contributed by atoms with Gasteiger partial charge < -0.3 is 15.0 Å². The van der Waals surface area contributed by atoms with Crippen LogP contribution < -0.4 is 14.4 Å². The standard InChI is InChI=1S/C41H41Cl2N3O5S/c1-29-15-22-35(23-16-29)52(49,50)46(32-18-20-34(21-19-32)51-33-13-9-6-10-14-33)28-39(47)45(27-31-17-24-36(42)37(43)25-31)38(40(48)44-41(2,3)4)26-30-11-7-5-8-12-30/h5-25,38H,26-28H2,1-4H3,(H,44,48)/t38-/m0/s1. The van der Waals surface area contributed by atoms with E-state index >= 15 is 0 Å². The fourth-order valence-electron chi connectivity index (χ4n) is 5.51. The third-order valence-electron chi connectivity index (χ3n) is 8.10. The van der Waals surface area contributed by atoms with E-state index in [0.29, 0.717) is 22.1 Å². The zero-order chi connectivity index (χ0) is 37.5. The summed E-state index contributed by atoms with van der Waals surface area (Å²) in [7, 11) is -4.28. The summed E-state index contributed by atoms with van der Waals surface area (Å²) in [4.78, 5) is 30.3. The fourth-order valence-corrected chi connectivity index (χ4v) is 7.25. The van der Waals surface area contributed by atoms with Crippen LogP contribution in [0.15, 0.2) is 132 Å². The molecule has 0 fully saturated rings. The molecular formula is C41H41Cl2N3O5S. The molecule has 1 atom stereocenters. The van der Waals surface area contributed by atoms with Crippen LogP contribution in [0.5, 0.6) is 11.5 Å². The number of ether oxygens (including phenoxy) is 1. The lowest BCUT2D eigenvalue weighted by atomic mass is 10.0. The highest BCUT2D eigenvalue weighted by Crippen LogP contribution is 2.30. The van der Waals surface area contributed by atoms with Crippen molar-refractivity contribution in [3.63, 3.8) is 0 Å². The van der Waals surface area contributed by atoms with E-state index in [9.17, 15) is 18.0 Å². The number of halogens is 2. The van der Waals surface area contributed by atoms with Crippen LogP contribution in [-0.2, 0) is 32.6 Å². The first-order valence-electron chi connectivity index (χ1n) is 16.7. The van der Waals surface area contributed by atoms with Crippen LogP contribution in [-0.4, -0.2) is 43.3 Å². The van der Waals surface area contributed by atoms with Crippen molar-refractivity contribution < 1.29 is 22.7 Å². The first-order chi connectivity index (χ1) is 24.7. The number of anilines is 1. The lowest BCUT2D eigenvalue weighted by Crippen LogP contribution is -2.56. The Balaban J connectivity index is 1.58.